The Balaban J connectivity index is 2.12. The monoisotopic (exact) mass is 272 g/mol. The highest BCUT2D eigenvalue weighted by molar-refractivity contribution is 5.56. The van der Waals surface area contributed by atoms with Crippen molar-refractivity contribution in [2.24, 2.45) is 0 Å². The largest absolute Gasteiger partial charge is 0.493 e. The van der Waals surface area contributed by atoms with Gasteiger partial charge in [-0.25, -0.2) is 0 Å². The van der Waals surface area contributed by atoms with Crippen molar-refractivity contribution in [2.75, 3.05) is 19.0 Å². The second kappa shape index (κ2) is 6.91. The second-order valence-corrected chi connectivity index (χ2v) is 4.74. The molecule has 0 saturated carbocycles. The Morgan fingerprint density at radius 3 is 2.70 bits per heavy atom. The summed E-state index contributed by atoms with van der Waals surface area (Å²) in [7, 11) is 1.61. The molecule has 1 unspecified atom stereocenters. The summed E-state index contributed by atoms with van der Waals surface area (Å²) in [4.78, 5) is 4.20. The number of methoxy groups -OCH3 is 1. The van der Waals surface area contributed by atoms with Crippen LogP contribution in [0.25, 0.3) is 0 Å². The summed E-state index contributed by atoms with van der Waals surface area (Å²) in [5.41, 5.74) is 2.95. The molecule has 4 heteroatoms. The highest BCUT2D eigenvalue weighted by Crippen LogP contribution is 2.24. The SMILES string of the molecule is COc1cnc(C)cc1NC(CO)Cc1ccccc1. The molecule has 0 radical (unpaired) electrons. The maximum atomic E-state index is 9.56. The van der Waals surface area contributed by atoms with Crippen LogP contribution in [0.15, 0.2) is 42.6 Å². The zero-order valence-corrected chi connectivity index (χ0v) is 11.8. The summed E-state index contributed by atoms with van der Waals surface area (Å²) in [5.74, 6) is 0.683. The van der Waals surface area contributed by atoms with Crippen LogP contribution in [0, 0.1) is 6.92 Å². The maximum Gasteiger partial charge on any atom is 0.160 e. The van der Waals surface area contributed by atoms with Gasteiger partial charge in [-0.15, -0.1) is 0 Å². The Labute approximate surface area is 119 Å². The van der Waals surface area contributed by atoms with Crippen LogP contribution in [0.3, 0.4) is 0 Å². The summed E-state index contributed by atoms with van der Waals surface area (Å²) in [5, 5.41) is 12.9. The lowest BCUT2D eigenvalue weighted by atomic mass is 10.1. The van der Waals surface area contributed by atoms with Crippen LogP contribution < -0.4 is 10.1 Å². The third-order valence-electron chi connectivity index (χ3n) is 3.13. The van der Waals surface area contributed by atoms with Gasteiger partial charge in [0.2, 0.25) is 0 Å². The lowest BCUT2D eigenvalue weighted by Gasteiger charge is -2.19. The third-order valence-corrected chi connectivity index (χ3v) is 3.13. The van der Waals surface area contributed by atoms with E-state index in [-0.39, 0.29) is 12.6 Å². The lowest BCUT2D eigenvalue weighted by molar-refractivity contribution is 0.273. The van der Waals surface area contributed by atoms with Gasteiger partial charge in [-0.2, -0.15) is 0 Å². The molecule has 1 aromatic carbocycles. The molecule has 4 nitrogen and oxygen atoms in total. The van der Waals surface area contributed by atoms with Gasteiger partial charge in [-0.3, -0.25) is 4.98 Å². The van der Waals surface area contributed by atoms with Crippen molar-refractivity contribution < 1.29 is 9.84 Å². The number of nitrogens with zero attached hydrogens (tertiary/aromatic N) is 1. The average Bonchev–Trinajstić information content (AvgIpc) is 2.48. The van der Waals surface area contributed by atoms with Crippen molar-refractivity contribution in [1.29, 1.82) is 0 Å². The van der Waals surface area contributed by atoms with Gasteiger partial charge in [0, 0.05) is 5.69 Å². The number of aliphatic hydroxyl groups excluding tert-OH is 1. The predicted octanol–water partition coefficient (Wildman–Crippen LogP) is 2.41. The van der Waals surface area contributed by atoms with Crippen molar-refractivity contribution in [3.63, 3.8) is 0 Å². The van der Waals surface area contributed by atoms with E-state index in [0.29, 0.717) is 5.75 Å². The molecule has 0 aliphatic heterocycles. The first-order valence-electron chi connectivity index (χ1n) is 6.65. The molecule has 0 amide bonds. The van der Waals surface area contributed by atoms with Crippen molar-refractivity contribution in [3.05, 3.63) is 53.9 Å². The van der Waals surface area contributed by atoms with Crippen LogP contribution in [-0.2, 0) is 6.42 Å². The fourth-order valence-electron chi connectivity index (χ4n) is 2.10. The molecule has 0 bridgehead atoms. The van der Waals surface area contributed by atoms with E-state index in [1.807, 2.05) is 31.2 Å². The summed E-state index contributed by atoms with van der Waals surface area (Å²) >= 11 is 0. The molecule has 2 N–H and O–H groups in total. The Hall–Kier alpha value is -2.07. The number of ether oxygens (including phenoxy) is 1. The zero-order chi connectivity index (χ0) is 14.4. The molecule has 0 fully saturated rings. The van der Waals surface area contributed by atoms with Crippen LogP contribution in [0.2, 0.25) is 0 Å². The fraction of sp³-hybridized carbons (Fsp3) is 0.312. The van der Waals surface area contributed by atoms with E-state index in [4.69, 9.17) is 4.74 Å². The van der Waals surface area contributed by atoms with Gasteiger partial charge < -0.3 is 15.2 Å². The number of nitrogens with one attached hydrogen (secondary N) is 1. The van der Waals surface area contributed by atoms with Gasteiger partial charge in [0.05, 0.1) is 31.6 Å². The standard InChI is InChI=1S/C16H20N2O2/c1-12-8-15(16(20-2)10-17-12)18-14(11-19)9-13-6-4-3-5-7-13/h3-8,10,14,19H,9,11H2,1-2H3,(H,17,18). The van der Waals surface area contributed by atoms with Crippen LogP contribution in [-0.4, -0.2) is 29.8 Å². The molecule has 1 aromatic heterocycles. The van der Waals surface area contributed by atoms with E-state index in [1.54, 1.807) is 13.3 Å². The molecular weight excluding hydrogens is 252 g/mol. The van der Waals surface area contributed by atoms with Crippen molar-refractivity contribution in [3.8, 4) is 5.75 Å². The number of aliphatic hydroxyl groups is 1. The summed E-state index contributed by atoms with van der Waals surface area (Å²) in [6.45, 7) is 1.98. The molecule has 2 aromatic rings. The first-order valence-corrected chi connectivity index (χ1v) is 6.65. The summed E-state index contributed by atoms with van der Waals surface area (Å²) < 4.78 is 5.29. The van der Waals surface area contributed by atoms with Gasteiger partial charge in [0.25, 0.3) is 0 Å². The first kappa shape index (κ1) is 14.3. The number of hydrogen-bond donors (Lipinski definition) is 2. The van der Waals surface area contributed by atoms with Crippen LogP contribution in [0.4, 0.5) is 5.69 Å². The number of aromatic nitrogens is 1. The third kappa shape index (κ3) is 3.71. The summed E-state index contributed by atoms with van der Waals surface area (Å²) in [6, 6.07) is 12.0. The Morgan fingerprint density at radius 1 is 1.30 bits per heavy atom. The lowest BCUT2D eigenvalue weighted by Crippen LogP contribution is -2.26. The normalized spacial score (nSPS) is 11.9. The van der Waals surface area contributed by atoms with Crippen molar-refractivity contribution in [1.82, 2.24) is 4.98 Å². The van der Waals surface area contributed by atoms with Crippen LogP contribution in [0.5, 0.6) is 5.75 Å². The smallest absolute Gasteiger partial charge is 0.160 e. The van der Waals surface area contributed by atoms with Crippen molar-refractivity contribution >= 4 is 5.69 Å². The molecule has 0 spiro atoms. The van der Waals surface area contributed by atoms with Gasteiger partial charge in [-0.1, -0.05) is 30.3 Å². The van der Waals surface area contributed by atoms with E-state index in [0.717, 1.165) is 17.8 Å². The van der Waals surface area contributed by atoms with Crippen LogP contribution in [0.1, 0.15) is 11.3 Å². The number of pyridine rings is 1. The maximum absolute atomic E-state index is 9.56. The Kier molecular flexibility index (Phi) is 4.96. The van der Waals surface area contributed by atoms with Gasteiger partial charge in [-0.05, 0) is 25.0 Å². The number of rotatable bonds is 6. The zero-order valence-electron chi connectivity index (χ0n) is 11.8. The highest BCUT2D eigenvalue weighted by atomic mass is 16.5. The van der Waals surface area contributed by atoms with E-state index < -0.39 is 0 Å². The molecule has 0 aliphatic rings. The topological polar surface area (TPSA) is 54.4 Å². The van der Waals surface area contributed by atoms with Gasteiger partial charge in [0.15, 0.2) is 5.75 Å². The summed E-state index contributed by atoms with van der Waals surface area (Å²) in [6.07, 6.45) is 2.44. The number of hydrogen-bond acceptors (Lipinski definition) is 4. The molecule has 0 saturated heterocycles. The minimum Gasteiger partial charge on any atom is -0.493 e. The molecule has 106 valence electrons. The fourth-order valence-corrected chi connectivity index (χ4v) is 2.10. The van der Waals surface area contributed by atoms with E-state index in [9.17, 15) is 5.11 Å². The van der Waals surface area contributed by atoms with Gasteiger partial charge >= 0.3 is 0 Å². The number of benzene rings is 1. The molecular formula is C16H20N2O2. The predicted molar refractivity (Wildman–Crippen MR) is 80.2 cm³/mol. The molecule has 2 rings (SSSR count). The molecule has 1 atom stereocenters. The van der Waals surface area contributed by atoms with Gasteiger partial charge in [0.1, 0.15) is 0 Å². The van der Waals surface area contributed by atoms with E-state index in [2.05, 4.69) is 22.4 Å². The number of anilines is 1. The minimum absolute atomic E-state index is 0.0550. The molecule has 20 heavy (non-hydrogen) atoms. The highest BCUT2D eigenvalue weighted by Gasteiger charge is 2.12. The van der Waals surface area contributed by atoms with E-state index >= 15 is 0 Å². The quantitative estimate of drug-likeness (QED) is 0.848. The Morgan fingerprint density at radius 2 is 2.05 bits per heavy atom. The second-order valence-electron chi connectivity index (χ2n) is 4.74. The Bertz CT molecular complexity index is 543. The number of aryl methyl sites for hydroxylation is 1. The molecule has 0 aliphatic carbocycles. The van der Waals surface area contributed by atoms with E-state index in [1.165, 1.54) is 5.56 Å². The minimum atomic E-state index is -0.0619. The molecule has 1 heterocycles. The first-order chi connectivity index (χ1) is 9.72. The average molecular weight is 272 g/mol. The van der Waals surface area contributed by atoms with Crippen molar-refractivity contribution in [2.45, 2.75) is 19.4 Å². The van der Waals surface area contributed by atoms with Crippen LogP contribution >= 0.6 is 0 Å².